The van der Waals surface area contributed by atoms with Crippen molar-refractivity contribution in [1.29, 1.82) is 0 Å². The van der Waals surface area contributed by atoms with Crippen molar-refractivity contribution in [3.63, 3.8) is 0 Å². The number of ether oxygens (including phenoxy) is 2. The summed E-state index contributed by atoms with van der Waals surface area (Å²) in [6, 6.07) is 9.44. The summed E-state index contributed by atoms with van der Waals surface area (Å²) in [7, 11) is 0. The van der Waals surface area contributed by atoms with Crippen molar-refractivity contribution in [3.05, 3.63) is 35.9 Å². The number of carbonyl (C=O) groups is 2. The van der Waals surface area contributed by atoms with E-state index in [2.05, 4.69) is 0 Å². The fraction of sp³-hybridized carbons (Fsp3) is 0.429. The molecule has 1 aromatic rings. The lowest BCUT2D eigenvalue weighted by Gasteiger charge is -2.20. The summed E-state index contributed by atoms with van der Waals surface area (Å²) in [6.07, 6.45) is 1.38. The van der Waals surface area contributed by atoms with E-state index < -0.39 is 6.16 Å². The first kappa shape index (κ1) is 12.6. The van der Waals surface area contributed by atoms with Crippen LogP contribution >= 0.6 is 0 Å². The van der Waals surface area contributed by atoms with Gasteiger partial charge in [-0.3, -0.25) is 4.79 Å². The summed E-state index contributed by atoms with van der Waals surface area (Å²) in [4.78, 5) is 22.5. The molecule has 1 fully saturated rings. The van der Waals surface area contributed by atoms with E-state index in [1.807, 2.05) is 30.3 Å². The topological polar surface area (TPSA) is 52.6 Å². The maximum Gasteiger partial charge on any atom is 0.508 e. The van der Waals surface area contributed by atoms with Crippen LogP contribution in [0.3, 0.4) is 0 Å². The molecule has 96 valence electrons. The molecule has 0 heterocycles. The summed E-state index contributed by atoms with van der Waals surface area (Å²) in [6.45, 7) is 0.214. The van der Waals surface area contributed by atoms with Crippen LogP contribution < -0.4 is 0 Å². The van der Waals surface area contributed by atoms with Crippen molar-refractivity contribution in [3.8, 4) is 0 Å². The molecule has 1 aromatic carbocycles. The average molecular weight is 248 g/mol. The number of benzene rings is 1. The number of Topliss-reactive ketones (excluding diaryl/α,β-unsaturated/α-hetero) is 1. The first-order chi connectivity index (χ1) is 8.74. The Hall–Kier alpha value is -1.84. The average Bonchev–Trinajstić information content (AvgIpc) is 2.40. The second kappa shape index (κ2) is 6.19. The van der Waals surface area contributed by atoms with Gasteiger partial charge in [0.15, 0.2) is 0 Å². The van der Waals surface area contributed by atoms with Crippen LogP contribution in [0, 0.1) is 0 Å². The monoisotopic (exact) mass is 248 g/mol. The van der Waals surface area contributed by atoms with E-state index in [-0.39, 0.29) is 18.5 Å². The Labute approximate surface area is 106 Å². The van der Waals surface area contributed by atoms with Crippen LogP contribution in [0.4, 0.5) is 4.79 Å². The number of carbonyl (C=O) groups excluding carboxylic acids is 2. The first-order valence-corrected chi connectivity index (χ1v) is 6.13. The Kier molecular flexibility index (Phi) is 4.34. The zero-order valence-corrected chi connectivity index (χ0v) is 10.1. The van der Waals surface area contributed by atoms with E-state index in [9.17, 15) is 9.59 Å². The normalized spacial score (nSPS) is 16.3. The largest absolute Gasteiger partial charge is 0.508 e. The van der Waals surface area contributed by atoms with Crippen molar-refractivity contribution in [1.82, 2.24) is 0 Å². The van der Waals surface area contributed by atoms with E-state index in [0.29, 0.717) is 25.7 Å². The number of hydrogen-bond donors (Lipinski definition) is 0. The predicted molar refractivity (Wildman–Crippen MR) is 65.0 cm³/mol. The highest BCUT2D eigenvalue weighted by molar-refractivity contribution is 5.79. The molecular weight excluding hydrogens is 232 g/mol. The van der Waals surface area contributed by atoms with Gasteiger partial charge in [0.1, 0.15) is 18.5 Å². The van der Waals surface area contributed by atoms with Crippen LogP contribution in [0.2, 0.25) is 0 Å². The summed E-state index contributed by atoms with van der Waals surface area (Å²) < 4.78 is 10.2. The highest BCUT2D eigenvalue weighted by atomic mass is 16.7. The molecule has 0 N–H and O–H groups in total. The molecule has 0 spiro atoms. The minimum Gasteiger partial charge on any atom is -0.431 e. The van der Waals surface area contributed by atoms with Crippen LogP contribution in [-0.4, -0.2) is 18.0 Å². The maximum atomic E-state index is 11.4. The summed E-state index contributed by atoms with van der Waals surface area (Å²) in [5, 5.41) is 0. The Morgan fingerprint density at radius 3 is 2.50 bits per heavy atom. The second-order valence-electron chi connectivity index (χ2n) is 4.38. The number of ketones is 1. The lowest BCUT2D eigenvalue weighted by Crippen LogP contribution is -2.24. The van der Waals surface area contributed by atoms with E-state index in [4.69, 9.17) is 9.47 Å². The van der Waals surface area contributed by atoms with Crippen molar-refractivity contribution in [2.75, 3.05) is 0 Å². The van der Waals surface area contributed by atoms with Gasteiger partial charge in [-0.2, -0.15) is 0 Å². The van der Waals surface area contributed by atoms with Gasteiger partial charge in [-0.1, -0.05) is 30.3 Å². The number of hydrogen-bond acceptors (Lipinski definition) is 4. The summed E-state index contributed by atoms with van der Waals surface area (Å²) in [5.74, 6) is 0.243. The number of rotatable bonds is 3. The zero-order valence-electron chi connectivity index (χ0n) is 10.1. The van der Waals surface area contributed by atoms with Gasteiger partial charge in [0.2, 0.25) is 0 Å². The SMILES string of the molecule is O=C1CCC(OC(=O)OCc2ccccc2)CC1. The van der Waals surface area contributed by atoms with Gasteiger partial charge >= 0.3 is 6.16 Å². The summed E-state index contributed by atoms with van der Waals surface area (Å²) >= 11 is 0. The van der Waals surface area contributed by atoms with E-state index >= 15 is 0 Å². The minimum absolute atomic E-state index is 0.175. The first-order valence-electron chi connectivity index (χ1n) is 6.13. The van der Waals surface area contributed by atoms with Crippen molar-refractivity contribution in [2.24, 2.45) is 0 Å². The Morgan fingerprint density at radius 2 is 1.83 bits per heavy atom. The smallest absolute Gasteiger partial charge is 0.431 e. The van der Waals surface area contributed by atoms with Crippen LogP contribution in [0.1, 0.15) is 31.2 Å². The van der Waals surface area contributed by atoms with Crippen LogP contribution in [0.5, 0.6) is 0 Å². The maximum absolute atomic E-state index is 11.4. The molecule has 0 amide bonds. The third-order valence-electron chi connectivity index (χ3n) is 2.95. The highest BCUT2D eigenvalue weighted by Gasteiger charge is 2.22. The van der Waals surface area contributed by atoms with E-state index in [1.165, 1.54) is 0 Å². The Morgan fingerprint density at radius 1 is 1.17 bits per heavy atom. The molecule has 18 heavy (non-hydrogen) atoms. The molecule has 4 nitrogen and oxygen atoms in total. The Bertz CT molecular complexity index is 403. The Balaban J connectivity index is 1.71. The van der Waals surface area contributed by atoms with Gasteiger partial charge in [-0.25, -0.2) is 4.79 Å². The van der Waals surface area contributed by atoms with Gasteiger partial charge < -0.3 is 9.47 Å². The van der Waals surface area contributed by atoms with Gasteiger partial charge in [0.05, 0.1) is 0 Å². The molecule has 2 rings (SSSR count). The fourth-order valence-electron chi connectivity index (χ4n) is 1.92. The lowest BCUT2D eigenvalue weighted by molar-refractivity contribution is -0.122. The third kappa shape index (κ3) is 3.87. The molecule has 0 atom stereocenters. The molecule has 0 aliphatic heterocycles. The van der Waals surface area contributed by atoms with Crippen LogP contribution in [-0.2, 0) is 20.9 Å². The second-order valence-corrected chi connectivity index (χ2v) is 4.38. The minimum atomic E-state index is -0.654. The quantitative estimate of drug-likeness (QED) is 0.772. The molecule has 1 saturated carbocycles. The zero-order chi connectivity index (χ0) is 12.8. The van der Waals surface area contributed by atoms with Gasteiger partial charge in [0, 0.05) is 12.8 Å². The van der Waals surface area contributed by atoms with E-state index in [1.54, 1.807) is 0 Å². The summed E-state index contributed by atoms with van der Waals surface area (Å²) in [5.41, 5.74) is 0.924. The molecule has 1 aliphatic rings. The van der Waals surface area contributed by atoms with Crippen molar-refractivity contribution in [2.45, 2.75) is 38.4 Å². The van der Waals surface area contributed by atoms with Crippen molar-refractivity contribution < 1.29 is 19.1 Å². The molecule has 0 unspecified atom stereocenters. The third-order valence-corrected chi connectivity index (χ3v) is 2.95. The predicted octanol–water partition coefficient (Wildman–Crippen LogP) is 2.85. The van der Waals surface area contributed by atoms with Crippen LogP contribution in [0.15, 0.2) is 30.3 Å². The van der Waals surface area contributed by atoms with Gasteiger partial charge in [0.25, 0.3) is 0 Å². The van der Waals surface area contributed by atoms with Gasteiger partial charge in [-0.15, -0.1) is 0 Å². The molecule has 0 saturated heterocycles. The van der Waals surface area contributed by atoms with Gasteiger partial charge in [-0.05, 0) is 18.4 Å². The molecule has 4 heteroatoms. The molecule has 0 bridgehead atoms. The lowest BCUT2D eigenvalue weighted by atomic mass is 9.97. The fourth-order valence-corrected chi connectivity index (χ4v) is 1.92. The molecular formula is C14H16O4. The van der Waals surface area contributed by atoms with E-state index in [0.717, 1.165) is 5.56 Å². The van der Waals surface area contributed by atoms with Crippen molar-refractivity contribution >= 4 is 11.9 Å². The van der Waals surface area contributed by atoms with Crippen LogP contribution in [0.25, 0.3) is 0 Å². The standard InChI is InChI=1S/C14H16O4/c15-12-6-8-13(9-7-12)18-14(16)17-10-11-4-2-1-3-5-11/h1-5,13H,6-10H2. The molecule has 0 radical (unpaired) electrons. The molecule has 0 aromatic heterocycles. The highest BCUT2D eigenvalue weighted by Crippen LogP contribution is 2.18. The molecule has 1 aliphatic carbocycles.